The topological polar surface area (TPSA) is 78.9 Å². The number of aliphatic imine (C=N–C) groups is 1. The lowest BCUT2D eigenvalue weighted by molar-refractivity contribution is -0.130. The van der Waals surface area contributed by atoms with Crippen molar-refractivity contribution in [1.29, 1.82) is 0 Å². The Morgan fingerprint density at radius 1 is 1.30 bits per heavy atom. The van der Waals surface area contributed by atoms with Gasteiger partial charge in [0, 0.05) is 26.0 Å². The highest BCUT2D eigenvalue weighted by atomic mass is 127. The molecule has 9 heteroatoms. The molecule has 7 nitrogen and oxygen atoms in total. The van der Waals surface area contributed by atoms with Gasteiger partial charge in [-0.2, -0.15) is 0 Å². The fourth-order valence-electron chi connectivity index (χ4n) is 2.35. The Hall–Kier alpha value is -1.88. The summed E-state index contributed by atoms with van der Waals surface area (Å²) in [5, 5.41) is 9.74. The van der Waals surface area contributed by atoms with Gasteiger partial charge in [-0.1, -0.05) is 26.0 Å². The number of hydrogen-bond donors (Lipinski definition) is 2. The average molecular weight is 545 g/mol. The zero-order valence-corrected chi connectivity index (χ0v) is 21.4. The van der Waals surface area contributed by atoms with Crippen molar-refractivity contribution in [2.45, 2.75) is 39.8 Å². The van der Waals surface area contributed by atoms with Crippen molar-refractivity contribution in [2.24, 2.45) is 4.99 Å². The Labute approximate surface area is 200 Å². The minimum absolute atomic E-state index is 0. The Morgan fingerprint density at radius 2 is 2.07 bits per heavy atom. The number of hydrogen-bond acceptors (Lipinski definition) is 5. The largest absolute Gasteiger partial charge is 0.484 e. The fraction of sp³-hybridized carbons (Fsp3) is 0.476. The number of amides is 1. The SMILES string of the molecule is CCNC(=NCc1cccc(OCC(=O)N(C)C)c1)NCc1nc(C(C)C)cs1.I. The lowest BCUT2D eigenvalue weighted by Crippen LogP contribution is -2.36. The van der Waals surface area contributed by atoms with Crippen LogP contribution in [0.25, 0.3) is 0 Å². The van der Waals surface area contributed by atoms with Crippen LogP contribution >= 0.6 is 35.3 Å². The minimum Gasteiger partial charge on any atom is -0.484 e. The van der Waals surface area contributed by atoms with Crippen molar-refractivity contribution < 1.29 is 9.53 Å². The molecule has 0 saturated carbocycles. The predicted octanol–water partition coefficient (Wildman–Crippen LogP) is 3.61. The maximum atomic E-state index is 11.7. The molecule has 0 aliphatic rings. The minimum atomic E-state index is -0.0742. The van der Waals surface area contributed by atoms with Crippen LogP contribution < -0.4 is 15.4 Å². The second-order valence-corrected chi connectivity index (χ2v) is 8.04. The first kappa shape index (κ1) is 26.2. The van der Waals surface area contributed by atoms with Crippen LogP contribution in [0.5, 0.6) is 5.75 Å². The van der Waals surface area contributed by atoms with Gasteiger partial charge in [0.2, 0.25) is 0 Å². The maximum absolute atomic E-state index is 11.7. The maximum Gasteiger partial charge on any atom is 0.259 e. The summed E-state index contributed by atoms with van der Waals surface area (Å²) in [5.41, 5.74) is 2.13. The number of guanidine groups is 1. The molecule has 0 atom stereocenters. The standard InChI is InChI=1S/C21H31N5O2S.HI/c1-6-22-21(24-12-19-25-18(14-29-19)15(2)3)23-11-16-8-7-9-17(10-16)28-13-20(27)26(4)5;/h7-10,14-15H,6,11-13H2,1-5H3,(H2,22,23,24);1H. The van der Waals surface area contributed by atoms with E-state index in [4.69, 9.17) is 4.74 Å². The number of nitrogens with one attached hydrogen (secondary N) is 2. The first-order chi connectivity index (χ1) is 13.9. The molecule has 1 aromatic carbocycles. The summed E-state index contributed by atoms with van der Waals surface area (Å²) in [6.45, 7) is 8.26. The number of benzene rings is 1. The molecule has 166 valence electrons. The molecule has 30 heavy (non-hydrogen) atoms. The number of carbonyl (C=O) groups is 1. The first-order valence-corrected chi connectivity index (χ1v) is 10.6. The molecule has 2 rings (SSSR count). The summed E-state index contributed by atoms with van der Waals surface area (Å²) < 4.78 is 5.57. The van der Waals surface area contributed by atoms with Crippen molar-refractivity contribution in [3.8, 4) is 5.75 Å². The Morgan fingerprint density at radius 3 is 2.70 bits per heavy atom. The highest BCUT2D eigenvalue weighted by Crippen LogP contribution is 2.17. The van der Waals surface area contributed by atoms with Gasteiger partial charge in [0.05, 0.1) is 18.8 Å². The first-order valence-electron chi connectivity index (χ1n) is 9.77. The van der Waals surface area contributed by atoms with Crippen LogP contribution in [0, 0.1) is 0 Å². The van der Waals surface area contributed by atoms with Gasteiger partial charge < -0.3 is 20.3 Å². The van der Waals surface area contributed by atoms with Gasteiger partial charge in [-0.3, -0.25) is 4.79 Å². The smallest absolute Gasteiger partial charge is 0.259 e. The number of aromatic nitrogens is 1. The molecule has 2 aromatic rings. The number of likely N-dealkylation sites (N-methyl/N-ethyl adjacent to an activating group) is 1. The van der Waals surface area contributed by atoms with E-state index < -0.39 is 0 Å². The number of thiazole rings is 1. The van der Waals surface area contributed by atoms with Crippen LogP contribution in [0.4, 0.5) is 0 Å². The van der Waals surface area contributed by atoms with Crippen molar-refractivity contribution in [1.82, 2.24) is 20.5 Å². The Balaban J connectivity index is 0.00000450. The molecule has 0 bridgehead atoms. The van der Waals surface area contributed by atoms with Crippen molar-refractivity contribution in [3.63, 3.8) is 0 Å². The predicted molar refractivity (Wildman–Crippen MR) is 134 cm³/mol. The van der Waals surface area contributed by atoms with E-state index in [9.17, 15) is 4.79 Å². The molecule has 0 fully saturated rings. The number of ether oxygens (including phenoxy) is 1. The van der Waals surface area contributed by atoms with Crippen molar-refractivity contribution >= 4 is 47.2 Å². The second kappa shape index (κ2) is 13.4. The monoisotopic (exact) mass is 545 g/mol. The lowest BCUT2D eigenvalue weighted by Gasteiger charge is -2.12. The summed E-state index contributed by atoms with van der Waals surface area (Å²) in [6, 6.07) is 7.65. The molecule has 1 amide bonds. The van der Waals surface area contributed by atoms with E-state index in [1.807, 2.05) is 31.2 Å². The zero-order valence-electron chi connectivity index (χ0n) is 18.3. The Kier molecular flexibility index (Phi) is 11.7. The lowest BCUT2D eigenvalue weighted by atomic mass is 10.2. The third kappa shape index (κ3) is 8.86. The van der Waals surface area contributed by atoms with Crippen LogP contribution in [0.15, 0.2) is 34.6 Å². The molecule has 1 aromatic heterocycles. The second-order valence-electron chi connectivity index (χ2n) is 7.09. The average Bonchev–Trinajstić information content (AvgIpc) is 3.18. The van der Waals surface area contributed by atoms with Crippen LogP contribution in [-0.2, 0) is 17.9 Å². The quantitative estimate of drug-likeness (QED) is 0.286. The molecule has 0 aliphatic heterocycles. The van der Waals surface area contributed by atoms with Crippen LogP contribution in [-0.4, -0.2) is 49.0 Å². The third-order valence-electron chi connectivity index (χ3n) is 4.09. The molecular formula is C21H32IN5O2S. The highest BCUT2D eigenvalue weighted by molar-refractivity contribution is 14.0. The fourth-order valence-corrected chi connectivity index (χ4v) is 3.25. The molecular weight excluding hydrogens is 513 g/mol. The van der Waals surface area contributed by atoms with E-state index >= 15 is 0 Å². The third-order valence-corrected chi connectivity index (χ3v) is 4.96. The van der Waals surface area contributed by atoms with Crippen LogP contribution in [0.2, 0.25) is 0 Å². The van der Waals surface area contributed by atoms with E-state index in [2.05, 4.69) is 39.8 Å². The van der Waals surface area contributed by atoms with E-state index in [0.29, 0.717) is 24.8 Å². The van der Waals surface area contributed by atoms with Crippen molar-refractivity contribution in [3.05, 3.63) is 45.9 Å². The number of halogens is 1. The number of nitrogens with zero attached hydrogens (tertiary/aromatic N) is 3. The van der Waals surface area contributed by atoms with Gasteiger partial charge in [0.15, 0.2) is 12.6 Å². The summed E-state index contributed by atoms with van der Waals surface area (Å²) in [6.07, 6.45) is 0. The van der Waals surface area contributed by atoms with E-state index in [-0.39, 0.29) is 36.5 Å². The van der Waals surface area contributed by atoms with Crippen LogP contribution in [0.1, 0.15) is 43.0 Å². The highest BCUT2D eigenvalue weighted by Gasteiger charge is 2.07. The van der Waals surface area contributed by atoms with Gasteiger partial charge in [0.25, 0.3) is 5.91 Å². The van der Waals surface area contributed by atoms with E-state index in [1.165, 1.54) is 4.90 Å². The van der Waals surface area contributed by atoms with Gasteiger partial charge in [-0.05, 0) is 30.5 Å². The molecule has 0 unspecified atom stereocenters. The zero-order chi connectivity index (χ0) is 21.2. The molecule has 0 aliphatic carbocycles. The number of rotatable bonds is 9. The summed E-state index contributed by atoms with van der Waals surface area (Å²) in [5.74, 6) is 1.76. The Bertz CT molecular complexity index is 823. The van der Waals surface area contributed by atoms with E-state index in [1.54, 1.807) is 25.4 Å². The summed E-state index contributed by atoms with van der Waals surface area (Å²) >= 11 is 1.66. The molecule has 1 heterocycles. The van der Waals surface area contributed by atoms with Gasteiger partial charge in [0.1, 0.15) is 10.8 Å². The molecule has 0 radical (unpaired) electrons. The molecule has 0 saturated heterocycles. The summed E-state index contributed by atoms with van der Waals surface area (Å²) in [7, 11) is 3.42. The van der Waals surface area contributed by atoms with Gasteiger partial charge in [-0.25, -0.2) is 9.98 Å². The molecule has 2 N–H and O–H groups in total. The van der Waals surface area contributed by atoms with Gasteiger partial charge in [-0.15, -0.1) is 35.3 Å². The van der Waals surface area contributed by atoms with Crippen LogP contribution in [0.3, 0.4) is 0 Å². The van der Waals surface area contributed by atoms with Gasteiger partial charge >= 0.3 is 0 Å². The van der Waals surface area contributed by atoms with Crippen molar-refractivity contribution in [2.75, 3.05) is 27.2 Å². The number of carbonyl (C=O) groups excluding carboxylic acids is 1. The molecule has 0 spiro atoms. The normalized spacial score (nSPS) is 11.1. The van der Waals surface area contributed by atoms with E-state index in [0.717, 1.165) is 28.8 Å². The summed E-state index contributed by atoms with van der Waals surface area (Å²) in [4.78, 5) is 22.5.